The van der Waals surface area contributed by atoms with E-state index in [2.05, 4.69) is 30.6 Å². The van der Waals surface area contributed by atoms with Gasteiger partial charge in [-0.2, -0.15) is 4.99 Å². The molecule has 12 nitrogen and oxygen atoms in total. The van der Waals surface area contributed by atoms with Crippen molar-refractivity contribution in [3.8, 4) is 0 Å². The molecule has 33 heavy (non-hydrogen) atoms. The smallest absolute Gasteiger partial charge is 0.302 e. The molecule has 2 aromatic rings. The molecule has 2 fully saturated rings. The first-order valence-corrected chi connectivity index (χ1v) is 10.8. The number of ketones is 1. The molecule has 0 bridgehead atoms. The van der Waals surface area contributed by atoms with Crippen molar-refractivity contribution in [2.45, 2.75) is 31.2 Å². The second kappa shape index (κ2) is 9.06. The number of carbonyl (C=O) groups excluding carboxylic acids is 3. The zero-order valence-electron chi connectivity index (χ0n) is 17.7. The maximum atomic E-state index is 12.5. The van der Waals surface area contributed by atoms with Crippen molar-refractivity contribution in [2.75, 3.05) is 31.1 Å². The van der Waals surface area contributed by atoms with Gasteiger partial charge >= 0.3 is 5.91 Å². The third-order valence-corrected chi connectivity index (χ3v) is 6.14. The van der Waals surface area contributed by atoms with Crippen LogP contribution in [0.5, 0.6) is 0 Å². The molecule has 0 unspecified atom stereocenters. The third-order valence-electron chi connectivity index (χ3n) is 5.86. The summed E-state index contributed by atoms with van der Waals surface area (Å²) >= 11 is 5.83. The van der Waals surface area contributed by atoms with E-state index in [0.717, 1.165) is 0 Å². The normalized spacial score (nSPS) is 18.2. The molecule has 0 atom stereocenters. The third kappa shape index (κ3) is 4.90. The van der Waals surface area contributed by atoms with E-state index in [0.29, 0.717) is 44.0 Å². The number of nitrogens with one attached hydrogen (secondary N) is 3. The number of aromatic nitrogens is 3. The lowest BCUT2D eigenvalue weighted by Crippen LogP contribution is -2.53. The summed E-state index contributed by atoms with van der Waals surface area (Å²) in [6.07, 6.45) is 5.00. The molecule has 13 heteroatoms. The Balaban J connectivity index is 1.30. The predicted molar refractivity (Wildman–Crippen MR) is 122 cm³/mol. The Hall–Kier alpha value is -3.67. The summed E-state index contributed by atoms with van der Waals surface area (Å²) in [7, 11) is 0. The van der Waals surface area contributed by atoms with Crippen LogP contribution in [0.4, 0.5) is 11.6 Å². The standard InChI is InChI=1S/C20H24ClN9O3/c21-15-17(23)27-16(22)14(26-15)18(33)28-19-25-10-20(29-19)4-7-30(8-5-20)13(32)2-1-12(31)11-3-6-24-9-11/h3,6,9,24H,1-2,4-5,7-8,10H2,(H4,22,23,27)(H2,25,28,29,33). The topological polar surface area (TPSA) is 184 Å². The molecule has 7 N–H and O–H groups in total. The van der Waals surface area contributed by atoms with Gasteiger partial charge in [-0.15, -0.1) is 0 Å². The second-order valence-electron chi connectivity index (χ2n) is 8.06. The largest absolute Gasteiger partial charge is 0.382 e. The molecule has 2 amide bonds. The fraction of sp³-hybridized carbons (Fsp3) is 0.400. The van der Waals surface area contributed by atoms with Gasteiger partial charge in [0.25, 0.3) is 0 Å². The van der Waals surface area contributed by atoms with E-state index < -0.39 is 5.91 Å². The van der Waals surface area contributed by atoms with E-state index in [1.807, 2.05) is 0 Å². The first-order valence-electron chi connectivity index (χ1n) is 10.4. The number of nitrogens with two attached hydrogens (primary N) is 2. The number of carbonyl (C=O) groups is 3. The lowest BCUT2D eigenvalue weighted by atomic mass is 9.88. The molecule has 0 saturated carbocycles. The molecule has 1 spiro atoms. The van der Waals surface area contributed by atoms with Gasteiger partial charge in [-0.3, -0.25) is 14.4 Å². The lowest BCUT2D eigenvalue weighted by Gasteiger charge is -2.38. The quantitative estimate of drug-likeness (QED) is 0.382. The number of hydrogen-bond acceptors (Lipinski definition) is 7. The number of nitrogen functional groups attached to an aromatic ring is 2. The summed E-state index contributed by atoms with van der Waals surface area (Å²) in [5.41, 5.74) is 11.3. The van der Waals surface area contributed by atoms with Crippen molar-refractivity contribution in [1.82, 2.24) is 30.5 Å². The lowest BCUT2D eigenvalue weighted by molar-refractivity contribution is -0.132. The minimum Gasteiger partial charge on any atom is -0.382 e. The van der Waals surface area contributed by atoms with Crippen molar-refractivity contribution in [1.29, 1.82) is 0 Å². The molecule has 0 aliphatic carbocycles. The highest BCUT2D eigenvalue weighted by atomic mass is 35.5. The Morgan fingerprint density at radius 3 is 2.61 bits per heavy atom. The second-order valence-corrected chi connectivity index (χ2v) is 8.42. The van der Waals surface area contributed by atoms with Crippen LogP contribution >= 0.6 is 11.6 Å². The fourth-order valence-electron chi connectivity index (χ4n) is 3.92. The fourth-order valence-corrected chi connectivity index (χ4v) is 4.05. The van der Waals surface area contributed by atoms with Gasteiger partial charge in [0.1, 0.15) is 0 Å². The number of aliphatic imine (C=N–C) groups is 1. The van der Waals surface area contributed by atoms with Gasteiger partial charge in [-0.25, -0.2) is 9.97 Å². The van der Waals surface area contributed by atoms with Crippen LogP contribution in [-0.4, -0.2) is 68.6 Å². The molecule has 2 saturated heterocycles. The van der Waals surface area contributed by atoms with Crippen molar-refractivity contribution >= 4 is 46.8 Å². The van der Waals surface area contributed by atoms with E-state index in [4.69, 9.17) is 23.1 Å². The first kappa shape index (κ1) is 22.5. The number of H-pyrrole nitrogens is 1. The highest BCUT2D eigenvalue weighted by Crippen LogP contribution is 2.25. The zero-order valence-corrected chi connectivity index (χ0v) is 18.5. The van der Waals surface area contributed by atoms with Gasteiger partial charge in [-0.1, -0.05) is 11.6 Å². The number of Topliss-reactive ketones (excluding diaryl/α,β-unsaturated/α-hetero) is 1. The van der Waals surface area contributed by atoms with Crippen molar-refractivity contribution < 1.29 is 14.4 Å². The maximum Gasteiger partial charge on any atom is 0.302 e. The number of guanidine groups is 1. The van der Waals surface area contributed by atoms with Gasteiger partial charge in [-0.05, 0) is 18.9 Å². The molecular formula is C20H24ClN9O3. The summed E-state index contributed by atoms with van der Waals surface area (Å²) in [6.45, 7) is 1.63. The SMILES string of the molecule is Nc1nc(N)c(C(=O)/N=C2\NCC3(CCN(C(=O)CCC(=O)c4cc[nH]c4)CC3)N2)nc1Cl. The van der Waals surface area contributed by atoms with Crippen LogP contribution in [0.3, 0.4) is 0 Å². The van der Waals surface area contributed by atoms with Crippen LogP contribution in [0.1, 0.15) is 46.5 Å². The summed E-state index contributed by atoms with van der Waals surface area (Å²) in [5.74, 6) is -0.721. The number of aromatic amines is 1. The van der Waals surface area contributed by atoms with Crippen molar-refractivity contribution in [3.63, 3.8) is 0 Å². The Kier molecular flexibility index (Phi) is 6.18. The molecule has 4 rings (SSSR count). The Labute approximate surface area is 194 Å². The number of likely N-dealkylation sites (tertiary alicyclic amines) is 1. The highest BCUT2D eigenvalue weighted by molar-refractivity contribution is 6.31. The van der Waals surface area contributed by atoms with Crippen LogP contribution < -0.4 is 22.1 Å². The first-order chi connectivity index (χ1) is 15.8. The van der Waals surface area contributed by atoms with Gasteiger partial charge in [0.15, 0.2) is 34.2 Å². The number of nitrogens with zero attached hydrogens (tertiary/aromatic N) is 4. The van der Waals surface area contributed by atoms with Gasteiger partial charge in [0.05, 0.1) is 5.54 Å². The molecular weight excluding hydrogens is 450 g/mol. The van der Waals surface area contributed by atoms with Gasteiger partial charge in [0.2, 0.25) is 5.91 Å². The maximum absolute atomic E-state index is 12.5. The van der Waals surface area contributed by atoms with Crippen molar-refractivity contribution in [2.24, 2.45) is 4.99 Å². The molecule has 2 aromatic heterocycles. The van der Waals surface area contributed by atoms with E-state index >= 15 is 0 Å². The van der Waals surface area contributed by atoms with Crippen LogP contribution in [0.25, 0.3) is 0 Å². The number of hydrogen-bond donors (Lipinski definition) is 5. The summed E-state index contributed by atoms with van der Waals surface area (Å²) < 4.78 is 0. The van der Waals surface area contributed by atoms with Crippen LogP contribution in [0, 0.1) is 0 Å². The van der Waals surface area contributed by atoms with Crippen LogP contribution in [-0.2, 0) is 4.79 Å². The average molecular weight is 474 g/mol. The zero-order chi connectivity index (χ0) is 23.6. The average Bonchev–Trinajstić information content (AvgIpc) is 3.46. The number of anilines is 2. The molecule has 4 heterocycles. The Morgan fingerprint density at radius 2 is 1.91 bits per heavy atom. The molecule has 0 radical (unpaired) electrons. The highest BCUT2D eigenvalue weighted by Gasteiger charge is 2.40. The van der Waals surface area contributed by atoms with Crippen molar-refractivity contribution in [3.05, 3.63) is 34.9 Å². The number of halogens is 1. The van der Waals surface area contributed by atoms with Gasteiger partial charge < -0.3 is 32.0 Å². The number of piperidine rings is 1. The summed E-state index contributed by atoms with van der Waals surface area (Å²) in [4.78, 5) is 53.4. The molecule has 2 aliphatic rings. The van der Waals surface area contributed by atoms with Crippen LogP contribution in [0.15, 0.2) is 23.5 Å². The van der Waals surface area contributed by atoms with E-state index in [1.165, 1.54) is 0 Å². The Morgan fingerprint density at radius 1 is 1.15 bits per heavy atom. The monoisotopic (exact) mass is 473 g/mol. The molecule has 2 aliphatic heterocycles. The molecule has 174 valence electrons. The minimum absolute atomic E-state index is 0.0435. The van der Waals surface area contributed by atoms with E-state index in [-0.39, 0.29) is 52.6 Å². The summed E-state index contributed by atoms with van der Waals surface area (Å²) in [6, 6.07) is 1.70. The summed E-state index contributed by atoms with van der Waals surface area (Å²) in [5, 5.41) is 6.22. The molecule has 0 aromatic carbocycles. The number of amides is 2. The van der Waals surface area contributed by atoms with E-state index in [9.17, 15) is 14.4 Å². The minimum atomic E-state index is -0.700. The predicted octanol–water partition coefficient (Wildman–Crippen LogP) is 0.336. The Bertz CT molecular complexity index is 1110. The van der Waals surface area contributed by atoms with Gasteiger partial charge in [0, 0.05) is 50.4 Å². The number of rotatable bonds is 5. The van der Waals surface area contributed by atoms with E-state index in [1.54, 1.807) is 23.4 Å². The van der Waals surface area contributed by atoms with Crippen LogP contribution in [0.2, 0.25) is 5.15 Å².